The van der Waals surface area contributed by atoms with E-state index < -0.39 is 10.0 Å². The van der Waals surface area contributed by atoms with Crippen LogP contribution in [0.5, 0.6) is 0 Å². The Bertz CT molecular complexity index is 1210. The van der Waals surface area contributed by atoms with Gasteiger partial charge in [-0.25, -0.2) is 8.42 Å². The van der Waals surface area contributed by atoms with Crippen LogP contribution in [0.15, 0.2) is 69.5 Å². The molecular formula is C25H29N3O2S2. The van der Waals surface area contributed by atoms with Crippen molar-refractivity contribution in [3.8, 4) is 0 Å². The summed E-state index contributed by atoms with van der Waals surface area (Å²) in [6, 6.07) is 17.6. The third kappa shape index (κ3) is 5.53. The Morgan fingerprint density at radius 1 is 0.969 bits per heavy atom. The normalized spacial score (nSPS) is 11.8. The molecule has 0 aliphatic carbocycles. The maximum atomic E-state index is 13.3. The number of aryl methyl sites for hydroxylation is 3. The molecule has 32 heavy (non-hydrogen) atoms. The lowest BCUT2D eigenvalue weighted by Crippen LogP contribution is -2.17. The summed E-state index contributed by atoms with van der Waals surface area (Å²) in [5.41, 5.74) is 6.28. The van der Waals surface area contributed by atoms with Crippen LogP contribution in [0.25, 0.3) is 0 Å². The minimum Gasteiger partial charge on any atom is -0.323 e. The number of nitrogens with zero attached hydrogens (tertiary/aromatic N) is 1. The molecule has 0 saturated carbocycles. The fourth-order valence-corrected chi connectivity index (χ4v) is 6.36. The van der Waals surface area contributed by atoms with Crippen molar-refractivity contribution in [1.29, 1.82) is 0 Å². The number of thioether (sulfide) groups is 1. The van der Waals surface area contributed by atoms with Gasteiger partial charge in [0.05, 0.1) is 16.8 Å². The van der Waals surface area contributed by atoms with Gasteiger partial charge >= 0.3 is 0 Å². The van der Waals surface area contributed by atoms with Gasteiger partial charge in [0.25, 0.3) is 10.0 Å². The van der Waals surface area contributed by atoms with Crippen LogP contribution < -0.4 is 10.6 Å². The van der Waals surface area contributed by atoms with Crippen LogP contribution in [-0.4, -0.2) is 20.4 Å². The number of nitrogens with two attached hydrogens (primary N) is 1. The zero-order valence-electron chi connectivity index (χ0n) is 18.8. The standard InChI is InChI=1S/C25H29N3O2S2/c1-17-15-18(2)20(4)25(19(17)3)32(29,30)28-23-7-5-6-8-24(23)31-14-13-21-9-11-22(12-10-21)16-27-26/h5-12,15-16,28H,13-14,26H2,1-4H3. The van der Waals surface area contributed by atoms with Crippen molar-refractivity contribution < 1.29 is 8.42 Å². The second-order valence-corrected chi connectivity index (χ2v) is 10.6. The summed E-state index contributed by atoms with van der Waals surface area (Å²) in [4.78, 5) is 1.28. The average molecular weight is 468 g/mol. The Balaban J connectivity index is 1.77. The summed E-state index contributed by atoms with van der Waals surface area (Å²) in [6.45, 7) is 7.61. The molecule has 0 bridgehead atoms. The van der Waals surface area contributed by atoms with Gasteiger partial charge in [0, 0.05) is 10.6 Å². The molecular weight excluding hydrogens is 438 g/mol. The largest absolute Gasteiger partial charge is 0.323 e. The number of hydrazone groups is 1. The fraction of sp³-hybridized carbons (Fsp3) is 0.240. The predicted molar refractivity (Wildman–Crippen MR) is 135 cm³/mol. The number of hydrogen-bond acceptors (Lipinski definition) is 5. The molecule has 168 valence electrons. The van der Waals surface area contributed by atoms with Crippen molar-refractivity contribution in [1.82, 2.24) is 0 Å². The summed E-state index contributed by atoms with van der Waals surface area (Å²) in [5, 5.41) is 3.53. The van der Waals surface area contributed by atoms with Crippen molar-refractivity contribution in [3.05, 3.63) is 88.0 Å². The number of nitrogens with one attached hydrogen (secondary N) is 1. The average Bonchev–Trinajstić information content (AvgIpc) is 2.75. The molecule has 0 spiro atoms. The molecule has 0 fully saturated rings. The molecule has 3 aromatic carbocycles. The lowest BCUT2D eigenvalue weighted by Gasteiger charge is -2.18. The minimum atomic E-state index is -3.72. The summed E-state index contributed by atoms with van der Waals surface area (Å²) >= 11 is 1.63. The Kier molecular flexibility index (Phi) is 7.64. The number of hydrogen-bond donors (Lipinski definition) is 2. The summed E-state index contributed by atoms with van der Waals surface area (Å²) in [5.74, 6) is 6.01. The third-order valence-corrected chi connectivity index (χ3v) is 8.26. The number of anilines is 1. The van der Waals surface area contributed by atoms with E-state index in [1.807, 2.05) is 70.2 Å². The summed E-state index contributed by atoms with van der Waals surface area (Å²) in [6.07, 6.45) is 2.47. The molecule has 0 atom stereocenters. The van der Waals surface area contributed by atoms with Crippen molar-refractivity contribution in [2.24, 2.45) is 10.9 Å². The molecule has 5 nitrogen and oxygen atoms in total. The highest BCUT2D eigenvalue weighted by molar-refractivity contribution is 7.99. The zero-order chi connectivity index (χ0) is 23.3. The van der Waals surface area contributed by atoms with Gasteiger partial charge < -0.3 is 5.84 Å². The van der Waals surface area contributed by atoms with E-state index in [-0.39, 0.29) is 0 Å². The van der Waals surface area contributed by atoms with E-state index in [2.05, 4.69) is 22.0 Å². The second-order valence-electron chi connectivity index (χ2n) is 7.81. The van der Waals surface area contributed by atoms with Gasteiger partial charge in [0.2, 0.25) is 0 Å². The number of benzene rings is 3. The number of sulfonamides is 1. The van der Waals surface area contributed by atoms with Gasteiger partial charge in [-0.05, 0) is 79.6 Å². The Morgan fingerprint density at radius 2 is 1.59 bits per heavy atom. The van der Waals surface area contributed by atoms with Crippen LogP contribution in [0.2, 0.25) is 0 Å². The molecule has 3 N–H and O–H groups in total. The van der Waals surface area contributed by atoms with E-state index in [0.29, 0.717) is 10.6 Å². The molecule has 0 aliphatic rings. The first kappa shape index (κ1) is 23.9. The lowest BCUT2D eigenvalue weighted by atomic mass is 10.0. The molecule has 0 saturated heterocycles. The van der Waals surface area contributed by atoms with Crippen molar-refractivity contribution in [2.45, 2.75) is 43.9 Å². The SMILES string of the molecule is Cc1cc(C)c(C)c(S(=O)(=O)Nc2ccccc2SCCc2ccc(C=NN)cc2)c1C. The smallest absolute Gasteiger partial charge is 0.262 e. The van der Waals surface area contributed by atoms with Gasteiger partial charge in [0.1, 0.15) is 0 Å². The van der Waals surface area contributed by atoms with Crippen molar-refractivity contribution in [3.63, 3.8) is 0 Å². The van der Waals surface area contributed by atoms with Gasteiger partial charge in [-0.15, -0.1) is 11.8 Å². The minimum absolute atomic E-state index is 0.371. The topological polar surface area (TPSA) is 84.5 Å². The van der Waals surface area contributed by atoms with Crippen molar-refractivity contribution in [2.75, 3.05) is 10.5 Å². The van der Waals surface area contributed by atoms with Crippen LogP contribution in [-0.2, 0) is 16.4 Å². The molecule has 0 unspecified atom stereocenters. The maximum Gasteiger partial charge on any atom is 0.262 e. The molecule has 0 radical (unpaired) electrons. The highest BCUT2D eigenvalue weighted by atomic mass is 32.2. The highest BCUT2D eigenvalue weighted by Crippen LogP contribution is 2.32. The van der Waals surface area contributed by atoms with Gasteiger partial charge in [0.15, 0.2) is 0 Å². The monoisotopic (exact) mass is 467 g/mol. The third-order valence-electron chi connectivity index (χ3n) is 5.55. The van der Waals surface area contributed by atoms with Crippen molar-refractivity contribution >= 4 is 33.7 Å². The highest BCUT2D eigenvalue weighted by Gasteiger charge is 2.23. The first-order valence-electron chi connectivity index (χ1n) is 10.4. The molecule has 3 aromatic rings. The Labute approximate surface area is 195 Å². The van der Waals surface area contributed by atoms with Gasteiger partial charge in [-0.2, -0.15) is 5.10 Å². The lowest BCUT2D eigenvalue weighted by molar-refractivity contribution is 0.599. The Morgan fingerprint density at radius 3 is 2.22 bits per heavy atom. The van der Waals surface area contributed by atoms with Gasteiger partial charge in [-0.1, -0.05) is 42.5 Å². The molecule has 0 amide bonds. The summed E-state index contributed by atoms with van der Waals surface area (Å²) in [7, 11) is -3.72. The molecule has 0 aliphatic heterocycles. The van der Waals surface area contributed by atoms with Crippen LogP contribution >= 0.6 is 11.8 Å². The molecule has 3 rings (SSSR count). The van der Waals surface area contributed by atoms with E-state index in [1.165, 1.54) is 5.56 Å². The second kappa shape index (κ2) is 10.2. The van der Waals surface area contributed by atoms with Crippen LogP contribution in [0.4, 0.5) is 5.69 Å². The van der Waals surface area contributed by atoms with E-state index in [0.717, 1.165) is 44.9 Å². The first-order valence-corrected chi connectivity index (χ1v) is 12.8. The molecule has 0 aromatic heterocycles. The number of rotatable bonds is 8. The fourth-order valence-electron chi connectivity index (χ4n) is 3.59. The maximum absolute atomic E-state index is 13.3. The number of para-hydroxylation sites is 1. The molecule has 7 heteroatoms. The van der Waals surface area contributed by atoms with Crippen LogP contribution in [0.3, 0.4) is 0 Å². The van der Waals surface area contributed by atoms with E-state index in [4.69, 9.17) is 5.84 Å². The molecule has 0 heterocycles. The zero-order valence-corrected chi connectivity index (χ0v) is 20.5. The predicted octanol–water partition coefficient (Wildman–Crippen LogP) is 5.35. The first-order chi connectivity index (χ1) is 15.2. The Hall–Kier alpha value is -2.77. The van der Waals surface area contributed by atoms with Gasteiger partial charge in [-0.3, -0.25) is 4.72 Å². The summed E-state index contributed by atoms with van der Waals surface area (Å²) < 4.78 is 29.5. The quantitative estimate of drug-likeness (QED) is 0.202. The van der Waals surface area contributed by atoms with E-state index in [9.17, 15) is 8.42 Å². The van der Waals surface area contributed by atoms with E-state index >= 15 is 0 Å². The van der Waals surface area contributed by atoms with Crippen LogP contribution in [0, 0.1) is 27.7 Å². The van der Waals surface area contributed by atoms with E-state index in [1.54, 1.807) is 18.0 Å². The van der Waals surface area contributed by atoms with Crippen LogP contribution in [0.1, 0.15) is 33.4 Å².